The zero-order valence-corrected chi connectivity index (χ0v) is 19.0. The van der Waals surface area contributed by atoms with Gasteiger partial charge in [-0.15, -0.1) is 0 Å². The summed E-state index contributed by atoms with van der Waals surface area (Å²) in [5.74, 6) is -0.571. The van der Waals surface area contributed by atoms with Gasteiger partial charge in [-0.05, 0) is 35.9 Å². The van der Waals surface area contributed by atoms with Crippen molar-refractivity contribution in [2.24, 2.45) is 0 Å². The number of pyridine rings is 1. The summed E-state index contributed by atoms with van der Waals surface area (Å²) in [5, 5.41) is 18.0. The minimum absolute atomic E-state index is 0.0244. The standard InChI is InChI=1S/C23H23N5O5S/c29-23(27-12-10-25-11-13-27)19-14-22(34(32,33)18-4-2-1-3-5-18)20(15-21(19)28(30)31)26-16-17-6-8-24-9-7-17/h1-9,14-15,25-26H,10-13,16H2. The normalized spacial score (nSPS) is 13.9. The number of piperazine rings is 1. The fourth-order valence-corrected chi connectivity index (χ4v) is 5.18. The zero-order valence-electron chi connectivity index (χ0n) is 18.2. The van der Waals surface area contributed by atoms with Crippen LogP contribution >= 0.6 is 0 Å². The van der Waals surface area contributed by atoms with E-state index in [2.05, 4.69) is 15.6 Å². The van der Waals surface area contributed by atoms with E-state index in [1.165, 1.54) is 17.0 Å². The Hall–Kier alpha value is -3.83. The zero-order chi connectivity index (χ0) is 24.1. The lowest BCUT2D eigenvalue weighted by molar-refractivity contribution is -0.385. The van der Waals surface area contributed by atoms with Crippen LogP contribution in [0.25, 0.3) is 0 Å². The van der Waals surface area contributed by atoms with Gasteiger partial charge in [0, 0.05) is 51.2 Å². The van der Waals surface area contributed by atoms with Crippen LogP contribution in [0.1, 0.15) is 15.9 Å². The Kier molecular flexibility index (Phi) is 6.85. The van der Waals surface area contributed by atoms with Crippen LogP contribution in [0.15, 0.2) is 76.8 Å². The Morgan fingerprint density at radius 3 is 2.41 bits per heavy atom. The van der Waals surface area contributed by atoms with Crippen molar-refractivity contribution in [1.29, 1.82) is 0 Å². The number of carbonyl (C=O) groups excluding carboxylic acids is 1. The number of aromatic nitrogens is 1. The third-order valence-corrected chi connectivity index (χ3v) is 7.31. The van der Waals surface area contributed by atoms with Gasteiger partial charge >= 0.3 is 0 Å². The van der Waals surface area contributed by atoms with E-state index in [9.17, 15) is 23.3 Å². The molecule has 1 aromatic heterocycles. The molecule has 176 valence electrons. The number of hydrogen-bond acceptors (Lipinski definition) is 8. The molecule has 10 nitrogen and oxygen atoms in total. The smallest absolute Gasteiger partial charge is 0.284 e. The van der Waals surface area contributed by atoms with Gasteiger partial charge in [-0.1, -0.05) is 18.2 Å². The van der Waals surface area contributed by atoms with Gasteiger partial charge in [0.15, 0.2) is 0 Å². The van der Waals surface area contributed by atoms with Crippen molar-refractivity contribution in [3.63, 3.8) is 0 Å². The second-order valence-electron chi connectivity index (χ2n) is 7.69. The van der Waals surface area contributed by atoms with E-state index in [0.717, 1.165) is 17.7 Å². The van der Waals surface area contributed by atoms with Crippen LogP contribution in [-0.4, -0.2) is 55.3 Å². The number of nitro benzene ring substituents is 1. The molecule has 1 amide bonds. The SMILES string of the molecule is O=C(c1cc(S(=O)(=O)c2ccccc2)c(NCc2ccncc2)cc1[N+](=O)[O-])N1CCNCC1. The molecule has 2 heterocycles. The largest absolute Gasteiger partial charge is 0.380 e. The van der Waals surface area contributed by atoms with Crippen LogP contribution in [0.4, 0.5) is 11.4 Å². The summed E-state index contributed by atoms with van der Waals surface area (Å²) in [6, 6.07) is 13.5. The molecule has 0 spiro atoms. The van der Waals surface area contributed by atoms with Crippen molar-refractivity contribution in [3.05, 3.63) is 88.2 Å². The first-order valence-corrected chi connectivity index (χ1v) is 12.1. The molecule has 1 saturated heterocycles. The van der Waals surface area contributed by atoms with Gasteiger partial charge in [0.05, 0.1) is 20.4 Å². The molecule has 0 bridgehead atoms. The minimum Gasteiger partial charge on any atom is -0.380 e. The van der Waals surface area contributed by atoms with Crippen LogP contribution in [0.3, 0.4) is 0 Å². The topological polar surface area (TPSA) is 135 Å². The van der Waals surface area contributed by atoms with Gasteiger partial charge < -0.3 is 15.5 Å². The molecule has 0 atom stereocenters. The lowest BCUT2D eigenvalue weighted by atomic mass is 10.1. The highest BCUT2D eigenvalue weighted by atomic mass is 32.2. The van der Waals surface area contributed by atoms with E-state index in [0.29, 0.717) is 26.2 Å². The summed E-state index contributed by atoms with van der Waals surface area (Å²) >= 11 is 0. The number of carbonyl (C=O) groups is 1. The quantitative estimate of drug-likeness (QED) is 0.388. The Balaban J connectivity index is 1.84. The first kappa shape index (κ1) is 23.3. The molecule has 0 saturated carbocycles. The summed E-state index contributed by atoms with van der Waals surface area (Å²) in [5.41, 5.74) is 0.148. The molecule has 1 aliphatic heterocycles. The maximum atomic E-state index is 13.5. The van der Waals surface area contributed by atoms with Crippen molar-refractivity contribution < 1.29 is 18.1 Å². The lowest BCUT2D eigenvalue weighted by Gasteiger charge is -2.27. The summed E-state index contributed by atoms with van der Waals surface area (Å²) in [6.07, 6.45) is 3.19. The second kappa shape index (κ2) is 9.98. The maximum absolute atomic E-state index is 13.5. The molecule has 2 aromatic carbocycles. The number of amides is 1. The molecule has 0 unspecified atom stereocenters. The van der Waals surface area contributed by atoms with Gasteiger partial charge in [-0.25, -0.2) is 8.42 Å². The van der Waals surface area contributed by atoms with E-state index in [4.69, 9.17) is 0 Å². The Bertz CT molecular complexity index is 1290. The molecule has 0 aliphatic carbocycles. The molecule has 1 aliphatic rings. The number of hydrogen-bond donors (Lipinski definition) is 2. The van der Waals surface area contributed by atoms with Crippen LogP contribution in [0.2, 0.25) is 0 Å². The fourth-order valence-electron chi connectivity index (χ4n) is 3.71. The van der Waals surface area contributed by atoms with Crippen molar-refractivity contribution >= 4 is 27.1 Å². The summed E-state index contributed by atoms with van der Waals surface area (Å²) in [4.78, 5) is 29.7. The van der Waals surface area contributed by atoms with Crippen molar-refractivity contribution in [2.45, 2.75) is 16.3 Å². The molecular weight excluding hydrogens is 458 g/mol. The van der Waals surface area contributed by atoms with E-state index in [1.54, 1.807) is 42.7 Å². The Morgan fingerprint density at radius 1 is 1.09 bits per heavy atom. The van der Waals surface area contributed by atoms with Crippen molar-refractivity contribution in [1.82, 2.24) is 15.2 Å². The van der Waals surface area contributed by atoms with Gasteiger partial charge in [0.2, 0.25) is 9.84 Å². The highest BCUT2D eigenvalue weighted by Crippen LogP contribution is 2.35. The molecule has 2 N–H and O–H groups in total. The number of rotatable bonds is 7. The van der Waals surface area contributed by atoms with Gasteiger partial charge in [0.1, 0.15) is 5.56 Å². The molecule has 0 radical (unpaired) electrons. The van der Waals surface area contributed by atoms with E-state index < -0.39 is 26.4 Å². The molecular formula is C23H23N5O5S. The van der Waals surface area contributed by atoms with Crippen LogP contribution in [-0.2, 0) is 16.4 Å². The third-order valence-electron chi connectivity index (χ3n) is 5.50. The average Bonchev–Trinajstić information content (AvgIpc) is 2.88. The molecule has 4 rings (SSSR count). The number of benzene rings is 2. The number of nitrogens with one attached hydrogen (secondary N) is 2. The first-order chi connectivity index (χ1) is 16.4. The highest BCUT2D eigenvalue weighted by molar-refractivity contribution is 7.91. The van der Waals surface area contributed by atoms with E-state index >= 15 is 0 Å². The average molecular weight is 482 g/mol. The molecule has 3 aromatic rings. The number of nitro groups is 1. The number of anilines is 1. The van der Waals surface area contributed by atoms with Crippen LogP contribution in [0, 0.1) is 10.1 Å². The summed E-state index contributed by atoms with van der Waals surface area (Å²) < 4.78 is 27.1. The molecule has 11 heteroatoms. The lowest BCUT2D eigenvalue weighted by Crippen LogP contribution is -2.46. The third kappa shape index (κ3) is 4.90. The van der Waals surface area contributed by atoms with E-state index in [1.807, 2.05) is 0 Å². The first-order valence-electron chi connectivity index (χ1n) is 10.6. The van der Waals surface area contributed by atoms with Crippen molar-refractivity contribution in [2.75, 3.05) is 31.5 Å². The van der Waals surface area contributed by atoms with Gasteiger partial charge in [0.25, 0.3) is 11.6 Å². The predicted molar refractivity (Wildman–Crippen MR) is 125 cm³/mol. The van der Waals surface area contributed by atoms with E-state index in [-0.39, 0.29) is 27.6 Å². The fraction of sp³-hybridized carbons (Fsp3) is 0.217. The number of sulfone groups is 1. The van der Waals surface area contributed by atoms with Crippen LogP contribution < -0.4 is 10.6 Å². The molecule has 1 fully saturated rings. The minimum atomic E-state index is -4.08. The summed E-state index contributed by atoms with van der Waals surface area (Å²) in [6.45, 7) is 2.07. The Morgan fingerprint density at radius 2 is 1.76 bits per heavy atom. The maximum Gasteiger partial charge on any atom is 0.284 e. The predicted octanol–water partition coefficient (Wildman–Crippen LogP) is 2.48. The summed E-state index contributed by atoms with van der Waals surface area (Å²) in [7, 11) is -4.08. The number of nitrogens with zero attached hydrogens (tertiary/aromatic N) is 3. The van der Waals surface area contributed by atoms with Gasteiger partial charge in [-0.2, -0.15) is 0 Å². The monoisotopic (exact) mass is 481 g/mol. The van der Waals surface area contributed by atoms with Crippen LogP contribution in [0.5, 0.6) is 0 Å². The molecule has 34 heavy (non-hydrogen) atoms. The Labute approximate surface area is 196 Å². The second-order valence-corrected chi connectivity index (χ2v) is 9.61. The highest BCUT2D eigenvalue weighted by Gasteiger charge is 2.31. The van der Waals surface area contributed by atoms with Crippen molar-refractivity contribution in [3.8, 4) is 0 Å². The van der Waals surface area contributed by atoms with Gasteiger partial charge in [-0.3, -0.25) is 19.9 Å².